The van der Waals surface area contributed by atoms with Gasteiger partial charge >= 0.3 is 5.97 Å². The first-order valence-electron chi connectivity index (χ1n) is 7.03. The molecule has 0 bridgehead atoms. The Bertz CT molecular complexity index is 488. The van der Waals surface area contributed by atoms with Crippen LogP contribution in [0.15, 0.2) is 34.4 Å². The Morgan fingerprint density at radius 1 is 1.25 bits per heavy atom. The molecule has 0 saturated heterocycles. The van der Waals surface area contributed by atoms with Gasteiger partial charge in [0.1, 0.15) is 6.10 Å². The molecule has 3 heteroatoms. The summed E-state index contributed by atoms with van der Waals surface area (Å²) in [4.78, 5) is 23.6. The molecule has 1 rings (SSSR count). The summed E-state index contributed by atoms with van der Waals surface area (Å²) >= 11 is 0. The summed E-state index contributed by atoms with van der Waals surface area (Å²) in [6.07, 6.45) is 5.64. The SMILES string of the molecule is CC(=O)OC1CC(=C(C)C)C(=O)/C=C(/C)CC/C=C\1C. The Morgan fingerprint density at radius 3 is 2.45 bits per heavy atom. The summed E-state index contributed by atoms with van der Waals surface area (Å²) in [7, 11) is 0. The van der Waals surface area contributed by atoms with E-state index in [1.807, 2.05) is 27.7 Å². The number of carbonyl (C=O) groups is 2. The number of ether oxygens (including phenoxy) is 1. The van der Waals surface area contributed by atoms with E-state index in [0.717, 1.165) is 35.1 Å². The molecule has 1 atom stereocenters. The fraction of sp³-hybridized carbons (Fsp3) is 0.529. The van der Waals surface area contributed by atoms with Crippen LogP contribution in [0.4, 0.5) is 0 Å². The maximum atomic E-state index is 12.3. The lowest BCUT2D eigenvalue weighted by molar-refractivity contribution is -0.144. The van der Waals surface area contributed by atoms with Crippen molar-refractivity contribution in [3.8, 4) is 0 Å². The van der Waals surface area contributed by atoms with Crippen LogP contribution in [0.25, 0.3) is 0 Å². The molecular formula is C17H24O3. The molecule has 0 saturated carbocycles. The molecular weight excluding hydrogens is 252 g/mol. The van der Waals surface area contributed by atoms with Gasteiger partial charge in [-0.15, -0.1) is 0 Å². The number of rotatable bonds is 1. The zero-order chi connectivity index (χ0) is 15.3. The topological polar surface area (TPSA) is 43.4 Å². The number of allylic oxidation sites excluding steroid dienone is 4. The highest BCUT2D eigenvalue weighted by Gasteiger charge is 2.21. The van der Waals surface area contributed by atoms with E-state index in [0.29, 0.717) is 6.42 Å². The van der Waals surface area contributed by atoms with Crippen molar-refractivity contribution in [2.24, 2.45) is 0 Å². The number of carbonyl (C=O) groups excluding carboxylic acids is 2. The maximum Gasteiger partial charge on any atom is 0.303 e. The second kappa shape index (κ2) is 7.22. The molecule has 0 aromatic rings. The summed E-state index contributed by atoms with van der Waals surface area (Å²) in [5.74, 6) is -0.276. The van der Waals surface area contributed by atoms with E-state index in [1.165, 1.54) is 6.92 Å². The number of hydrogen-bond acceptors (Lipinski definition) is 3. The van der Waals surface area contributed by atoms with Crippen LogP contribution in [-0.2, 0) is 14.3 Å². The van der Waals surface area contributed by atoms with Crippen LogP contribution in [0.1, 0.15) is 53.9 Å². The third kappa shape index (κ3) is 4.80. The molecule has 1 unspecified atom stereocenters. The standard InChI is InChI=1S/C17H24O3/c1-11(2)15-10-17(20-14(5)18)13(4)8-6-7-12(3)9-16(15)19/h8-9,17H,6-7,10H2,1-5H3/b12-9-,13-8-. The van der Waals surface area contributed by atoms with E-state index in [2.05, 4.69) is 6.08 Å². The summed E-state index contributed by atoms with van der Waals surface area (Å²) in [6.45, 7) is 9.19. The first-order valence-corrected chi connectivity index (χ1v) is 7.03. The zero-order valence-corrected chi connectivity index (χ0v) is 13.1. The van der Waals surface area contributed by atoms with Gasteiger partial charge in [-0.25, -0.2) is 0 Å². The van der Waals surface area contributed by atoms with Gasteiger partial charge in [0.15, 0.2) is 5.78 Å². The smallest absolute Gasteiger partial charge is 0.303 e. The minimum absolute atomic E-state index is 0.0364. The molecule has 20 heavy (non-hydrogen) atoms. The normalized spacial score (nSPS) is 26.1. The molecule has 3 nitrogen and oxygen atoms in total. The van der Waals surface area contributed by atoms with Crippen LogP contribution in [-0.4, -0.2) is 17.9 Å². The molecule has 0 radical (unpaired) electrons. The fourth-order valence-electron chi connectivity index (χ4n) is 2.27. The number of hydrogen-bond donors (Lipinski definition) is 0. The highest BCUT2D eigenvalue weighted by molar-refractivity contribution is 6.04. The quantitative estimate of drug-likeness (QED) is 0.414. The number of esters is 1. The van der Waals surface area contributed by atoms with Gasteiger partial charge in [0.25, 0.3) is 0 Å². The Balaban J connectivity index is 3.17. The van der Waals surface area contributed by atoms with Crippen LogP contribution in [0.2, 0.25) is 0 Å². The summed E-state index contributed by atoms with van der Waals surface area (Å²) in [6, 6.07) is 0. The first kappa shape index (κ1) is 16.4. The van der Waals surface area contributed by atoms with Gasteiger partial charge in [-0.2, -0.15) is 0 Å². The summed E-state index contributed by atoms with van der Waals surface area (Å²) in [5.41, 5.74) is 3.82. The zero-order valence-electron chi connectivity index (χ0n) is 13.1. The van der Waals surface area contributed by atoms with Gasteiger partial charge < -0.3 is 4.74 Å². The van der Waals surface area contributed by atoms with Crippen molar-refractivity contribution in [1.82, 2.24) is 0 Å². The van der Waals surface area contributed by atoms with Crippen LogP contribution >= 0.6 is 0 Å². The lowest BCUT2D eigenvalue weighted by Crippen LogP contribution is -2.21. The van der Waals surface area contributed by atoms with E-state index >= 15 is 0 Å². The summed E-state index contributed by atoms with van der Waals surface area (Å²) < 4.78 is 5.38. The van der Waals surface area contributed by atoms with Crippen LogP contribution < -0.4 is 0 Å². The van der Waals surface area contributed by atoms with Crippen LogP contribution in [0, 0.1) is 0 Å². The highest BCUT2D eigenvalue weighted by atomic mass is 16.5. The van der Waals surface area contributed by atoms with E-state index < -0.39 is 0 Å². The Hall–Kier alpha value is -1.64. The highest BCUT2D eigenvalue weighted by Crippen LogP contribution is 2.23. The van der Waals surface area contributed by atoms with Crippen molar-refractivity contribution < 1.29 is 14.3 Å². The molecule has 0 spiro atoms. The second-order valence-corrected chi connectivity index (χ2v) is 5.62. The Morgan fingerprint density at radius 2 is 1.90 bits per heavy atom. The molecule has 0 N–H and O–H groups in total. The molecule has 0 amide bonds. The average Bonchev–Trinajstić information content (AvgIpc) is 2.31. The summed E-state index contributed by atoms with van der Waals surface area (Å²) in [5, 5.41) is 0. The van der Waals surface area contributed by atoms with Crippen molar-refractivity contribution in [3.05, 3.63) is 34.4 Å². The predicted octanol–water partition coefficient (Wildman–Crippen LogP) is 3.90. The first-order chi connectivity index (χ1) is 9.31. The van der Waals surface area contributed by atoms with E-state index in [9.17, 15) is 9.59 Å². The monoisotopic (exact) mass is 276 g/mol. The molecule has 1 aliphatic rings. The van der Waals surface area contributed by atoms with Gasteiger partial charge in [0.05, 0.1) is 0 Å². The molecule has 0 aromatic carbocycles. The third-order valence-corrected chi connectivity index (χ3v) is 3.49. The molecule has 0 aromatic heterocycles. The predicted molar refractivity (Wildman–Crippen MR) is 80.3 cm³/mol. The van der Waals surface area contributed by atoms with Gasteiger partial charge in [0, 0.05) is 18.9 Å². The van der Waals surface area contributed by atoms with E-state index in [4.69, 9.17) is 4.74 Å². The van der Waals surface area contributed by atoms with Crippen molar-refractivity contribution in [1.29, 1.82) is 0 Å². The van der Waals surface area contributed by atoms with E-state index in [-0.39, 0.29) is 17.9 Å². The minimum Gasteiger partial charge on any atom is -0.458 e. The number of ketones is 1. The van der Waals surface area contributed by atoms with E-state index in [1.54, 1.807) is 6.08 Å². The van der Waals surface area contributed by atoms with Crippen molar-refractivity contribution in [2.45, 2.75) is 60.0 Å². The fourth-order valence-corrected chi connectivity index (χ4v) is 2.27. The Labute approximate surface area is 121 Å². The van der Waals surface area contributed by atoms with Crippen molar-refractivity contribution >= 4 is 11.8 Å². The molecule has 0 fully saturated rings. The van der Waals surface area contributed by atoms with Crippen molar-refractivity contribution in [2.75, 3.05) is 0 Å². The lowest BCUT2D eigenvalue weighted by Gasteiger charge is -2.21. The lowest BCUT2D eigenvalue weighted by atomic mass is 9.92. The third-order valence-electron chi connectivity index (χ3n) is 3.49. The molecule has 110 valence electrons. The van der Waals surface area contributed by atoms with Crippen LogP contribution in [0.3, 0.4) is 0 Å². The molecule has 0 heterocycles. The Kier molecular flexibility index (Phi) is 5.93. The second-order valence-electron chi connectivity index (χ2n) is 5.62. The average molecular weight is 276 g/mol. The van der Waals surface area contributed by atoms with Crippen LogP contribution in [0.5, 0.6) is 0 Å². The van der Waals surface area contributed by atoms with Gasteiger partial charge in [-0.05, 0) is 52.2 Å². The largest absolute Gasteiger partial charge is 0.458 e. The maximum absolute atomic E-state index is 12.3. The van der Waals surface area contributed by atoms with Crippen molar-refractivity contribution in [3.63, 3.8) is 0 Å². The molecule has 1 aliphatic carbocycles. The minimum atomic E-state index is -0.340. The van der Waals surface area contributed by atoms with Gasteiger partial charge in [0.2, 0.25) is 0 Å². The van der Waals surface area contributed by atoms with Gasteiger partial charge in [-0.3, -0.25) is 9.59 Å². The molecule has 0 aliphatic heterocycles. The van der Waals surface area contributed by atoms with Gasteiger partial charge in [-0.1, -0.05) is 17.2 Å².